The van der Waals surface area contributed by atoms with Crippen molar-refractivity contribution in [3.8, 4) is 0 Å². The number of aliphatic hydroxyl groups excluding tert-OH is 8. The minimum absolute atomic E-state index is 0.515. The molecule has 17 heteroatoms. The molecule has 36 heavy (non-hydrogen) atoms. The van der Waals surface area contributed by atoms with E-state index in [1.165, 1.54) is 6.92 Å². The molecule has 0 aromatic heterocycles. The van der Waals surface area contributed by atoms with Gasteiger partial charge in [-0.2, -0.15) is 0 Å². The number of aliphatic carboxylic acids is 1. The summed E-state index contributed by atoms with van der Waals surface area (Å²) >= 11 is 0. The van der Waals surface area contributed by atoms with Crippen LogP contribution in [-0.2, 0) is 33.2 Å². The van der Waals surface area contributed by atoms with Crippen LogP contribution in [0.4, 0.5) is 0 Å². The van der Waals surface area contributed by atoms with Gasteiger partial charge in [0.05, 0.1) is 19.4 Å². The molecule has 0 amide bonds. The Labute approximate surface area is 204 Å². The Hall–Kier alpha value is -1.13. The summed E-state index contributed by atoms with van der Waals surface area (Å²) in [5.41, 5.74) is 5.32. The van der Waals surface area contributed by atoms with E-state index < -0.39 is 111 Å². The molecule has 3 rings (SSSR count). The Morgan fingerprint density at radius 2 is 1.31 bits per heavy atom. The van der Waals surface area contributed by atoms with Crippen LogP contribution in [0.15, 0.2) is 0 Å². The van der Waals surface area contributed by atoms with Crippen LogP contribution in [0.2, 0.25) is 0 Å². The second kappa shape index (κ2) is 12.2. The zero-order valence-electron chi connectivity index (χ0n) is 19.0. The van der Waals surface area contributed by atoms with Gasteiger partial charge in [-0.05, 0) is 6.92 Å². The second-order valence-electron chi connectivity index (χ2n) is 8.67. The van der Waals surface area contributed by atoms with Gasteiger partial charge >= 0.3 is 5.97 Å². The van der Waals surface area contributed by atoms with Crippen LogP contribution in [0.25, 0.3) is 0 Å². The summed E-state index contributed by atoms with van der Waals surface area (Å²) < 4.78 is 32.1. The van der Waals surface area contributed by atoms with Crippen LogP contribution < -0.4 is 5.73 Å². The van der Waals surface area contributed by atoms with Gasteiger partial charge in [0.25, 0.3) is 0 Å². The molecule has 6 unspecified atom stereocenters. The molecule has 3 aliphatic rings. The fourth-order valence-electron chi connectivity index (χ4n) is 4.18. The largest absolute Gasteiger partial charge is 0.479 e. The molecule has 0 aromatic rings. The topological polar surface area (TPSA) is 281 Å². The van der Waals surface area contributed by atoms with Gasteiger partial charge in [0.1, 0.15) is 61.0 Å². The van der Waals surface area contributed by atoms with Crippen LogP contribution in [0, 0.1) is 0 Å². The van der Waals surface area contributed by atoms with Crippen molar-refractivity contribution in [2.45, 2.75) is 99.0 Å². The highest BCUT2D eigenvalue weighted by atomic mass is 16.8. The number of carboxylic acids is 1. The number of aliphatic hydroxyl groups is 8. The monoisotopic (exact) mass is 531 g/mol. The van der Waals surface area contributed by atoms with Crippen LogP contribution in [-0.4, -0.2) is 157 Å². The average molecular weight is 531 g/mol. The second-order valence-corrected chi connectivity index (χ2v) is 8.67. The van der Waals surface area contributed by atoms with E-state index in [-0.39, 0.29) is 0 Å². The fraction of sp³-hybridized carbons (Fsp3) is 0.947. The molecule has 11 N–H and O–H groups in total. The third kappa shape index (κ3) is 5.80. The smallest absolute Gasteiger partial charge is 0.335 e. The van der Waals surface area contributed by atoms with Gasteiger partial charge in [0, 0.05) is 0 Å². The minimum Gasteiger partial charge on any atom is -0.479 e. The molecule has 17 nitrogen and oxygen atoms in total. The van der Waals surface area contributed by atoms with E-state index in [1.807, 2.05) is 0 Å². The Kier molecular flexibility index (Phi) is 9.94. The number of nitrogens with two attached hydrogens (primary N) is 1. The lowest BCUT2D eigenvalue weighted by atomic mass is 9.95. The van der Waals surface area contributed by atoms with Gasteiger partial charge in [0.15, 0.2) is 25.0 Å². The lowest BCUT2D eigenvalue weighted by molar-refractivity contribution is -0.381. The highest BCUT2D eigenvalue weighted by Gasteiger charge is 2.55. The predicted octanol–water partition coefficient (Wildman–Crippen LogP) is -6.51. The summed E-state index contributed by atoms with van der Waals surface area (Å²) in [6, 6.07) is 0. The molecule has 15 atom stereocenters. The molecule has 3 fully saturated rings. The number of carbonyl (C=O) groups is 1. The first kappa shape index (κ1) is 29.4. The molecule has 3 aliphatic heterocycles. The van der Waals surface area contributed by atoms with Crippen molar-refractivity contribution < 1.29 is 79.2 Å². The quantitative estimate of drug-likeness (QED) is 0.130. The first-order valence-corrected chi connectivity index (χ1v) is 11.1. The molecule has 210 valence electrons. The Bertz CT molecular complexity index is 730. The Balaban J connectivity index is 1.92. The van der Waals surface area contributed by atoms with E-state index in [1.54, 1.807) is 0 Å². The van der Waals surface area contributed by atoms with Gasteiger partial charge in [-0.1, -0.05) is 0 Å². The molecule has 0 aliphatic carbocycles. The van der Waals surface area contributed by atoms with Crippen molar-refractivity contribution in [1.82, 2.24) is 0 Å². The van der Waals surface area contributed by atoms with Gasteiger partial charge in [-0.3, -0.25) is 0 Å². The highest BCUT2D eigenvalue weighted by molar-refractivity contribution is 5.73. The van der Waals surface area contributed by atoms with Crippen LogP contribution in [0.3, 0.4) is 0 Å². The SMILES string of the molecule is C[C@@H]1O[C@@H](O[C@H]2C(C(=O)O)O[C@H](OCN)C(O)[C@H]2O[C@@H]2OC(CO)[C@H](O)[C@H](O)C2O)C(O)C(O)[C@H]1O. The molecule has 3 heterocycles. The number of rotatable bonds is 8. The zero-order valence-corrected chi connectivity index (χ0v) is 19.0. The maximum Gasteiger partial charge on any atom is 0.335 e. The normalized spacial score (nSPS) is 50.1. The van der Waals surface area contributed by atoms with Crippen molar-refractivity contribution in [2.24, 2.45) is 5.73 Å². The molecule has 0 saturated carbocycles. The summed E-state index contributed by atoms with van der Waals surface area (Å²) in [4.78, 5) is 12.0. The summed E-state index contributed by atoms with van der Waals surface area (Å²) in [6.07, 6.45) is -25.8. The van der Waals surface area contributed by atoms with Crippen LogP contribution in [0.5, 0.6) is 0 Å². The van der Waals surface area contributed by atoms with E-state index in [9.17, 15) is 50.8 Å². The Morgan fingerprint density at radius 3 is 1.86 bits per heavy atom. The van der Waals surface area contributed by atoms with E-state index >= 15 is 0 Å². The summed E-state index contributed by atoms with van der Waals surface area (Å²) in [7, 11) is 0. The molecule has 3 saturated heterocycles. The molecular weight excluding hydrogens is 498 g/mol. The minimum atomic E-state index is -1.96. The summed E-state index contributed by atoms with van der Waals surface area (Å²) in [5.74, 6) is -1.64. The van der Waals surface area contributed by atoms with Gasteiger partial charge in [0.2, 0.25) is 0 Å². The van der Waals surface area contributed by atoms with E-state index in [0.717, 1.165) is 0 Å². The number of hydrogen-bond donors (Lipinski definition) is 10. The predicted molar refractivity (Wildman–Crippen MR) is 108 cm³/mol. The number of hydrogen-bond acceptors (Lipinski definition) is 16. The first-order valence-electron chi connectivity index (χ1n) is 11.1. The molecular formula is C19H33NO16. The van der Waals surface area contributed by atoms with E-state index in [0.29, 0.717) is 0 Å². The zero-order chi connectivity index (χ0) is 26.9. The van der Waals surface area contributed by atoms with Crippen molar-refractivity contribution in [3.63, 3.8) is 0 Å². The molecule has 0 aromatic carbocycles. The van der Waals surface area contributed by atoms with Crippen LogP contribution >= 0.6 is 0 Å². The fourth-order valence-corrected chi connectivity index (χ4v) is 4.18. The standard InChI is InChI=1S/C19H33NO16/c1-4-6(22)8(24)10(26)18(32-4)35-14-13(12(28)17(31-3-20)36-15(14)16(29)30)34-19-11(27)9(25)7(23)5(2-21)33-19/h4-15,17-19,21-28H,2-3,20H2,1H3,(H,29,30)/t4-,5?,6-,7-,8?,9-,10?,11?,12?,13+,14+,15?,17-,18-,19-/m0/s1. The van der Waals surface area contributed by atoms with Gasteiger partial charge in [-0.25, -0.2) is 4.79 Å². The molecule has 0 bridgehead atoms. The first-order chi connectivity index (χ1) is 16.9. The highest BCUT2D eigenvalue weighted by Crippen LogP contribution is 2.33. The summed E-state index contributed by atoms with van der Waals surface area (Å²) in [6.45, 7) is 0.0421. The number of carboxylic acid groups (broad SMARTS) is 1. The van der Waals surface area contributed by atoms with Crippen LogP contribution in [0.1, 0.15) is 6.92 Å². The maximum atomic E-state index is 12.0. The van der Waals surface area contributed by atoms with Gasteiger partial charge in [-0.15, -0.1) is 0 Å². The Morgan fingerprint density at radius 1 is 0.750 bits per heavy atom. The number of ether oxygens (including phenoxy) is 6. The van der Waals surface area contributed by atoms with Crippen molar-refractivity contribution in [2.75, 3.05) is 13.3 Å². The van der Waals surface area contributed by atoms with Crippen molar-refractivity contribution in [3.05, 3.63) is 0 Å². The third-order valence-electron chi connectivity index (χ3n) is 6.26. The van der Waals surface area contributed by atoms with Crippen molar-refractivity contribution >= 4 is 5.97 Å². The van der Waals surface area contributed by atoms with Gasteiger partial charge < -0.3 is 80.1 Å². The van der Waals surface area contributed by atoms with E-state index in [2.05, 4.69) is 0 Å². The average Bonchev–Trinajstić information content (AvgIpc) is 2.84. The lowest BCUT2D eigenvalue weighted by Gasteiger charge is -2.48. The molecule has 0 radical (unpaired) electrons. The lowest BCUT2D eigenvalue weighted by Crippen LogP contribution is -2.67. The van der Waals surface area contributed by atoms with E-state index in [4.69, 9.17) is 34.2 Å². The third-order valence-corrected chi connectivity index (χ3v) is 6.26. The molecule has 0 spiro atoms. The summed E-state index contributed by atoms with van der Waals surface area (Å²) in [5, 5.41) is 90.7. The van der Waals surface area contributed by atoms with Crippen molar-refractivity contribution in [1.29, 1.82) is 0 Å². The maximum absolute atomic E-state index is 12.0.